The number of aryl methyl sites for hydroxylation is 1. The van der Waals surface area contributed by atoms with Crippen molar-refractivity contribution in [3.8, 4) is 0 Å². The predicted molar refractivity (Wildman–Crippen MR) is 87.3 cm³/mol. The van der Waals surface area contributed by atoms with Gasteiger partial charge in [-0.3, -0.25) is 0 Å². The standard InChI is InChI=1S/C13H10ClN2S.CHF3O3S/c1-9-2-5-11(6-3-9)17-13-7-4-10(16-15)8-12(13)14;2-1(3,4)8(5,6)7/h2-8H,1H3;(H,5,6,7)/q+1;/p-1. The molecule has 2 aromatic rings. The van der Waals surface area contributed by atoms with E-state index in [1.54, 1.807) is 23.9 Å². The normalized spacial score (nSPS) is 11.2. The third-order valence-corrected chi connectivity index (χ3v) is 4.64. The van der Waals surface area contributed by atoms with Gasteiger partial charge in [0.2, 0.25) is 5.39 Å². The van der Waals surface area contributed by atoms with Crippen molar-refractivity contribution >= 4 is 39.2 Å². The monoisotopic (exact) mass is 410 g/mol. The maximum atomic E-state index is 10.7. The summed E-state index contributed by atoms with van der Waals surface area (Å²) in [6.45, 7) is 2.05. The quantitative estimate of drug-likeness (QED) is 0.379. The topological polar surface area (TPSA) is 85.3 Å². The predicted octanol–water partition coefficient (Wildman–Crippen LogP) is 5.34. The molecule has 5 nitrogen and oxygen atoms in total. The molecule has 0 fully saturated rings. The zero-order valence-corrected chi connectivity index (χ0v) is 14.9. The summed E-state index contributed by atoms with van der Waals surface area (Å²) in [6, 6.07) is 13.4. The Bertz CT molecular complexity index is 880. The first-order valence-corrected chi connectivity index (χ1v) is 8.95. The van der Waals surface area contributed by atoms with Gasteiger partial charge in [0.05, 0.1) is 11.1 Å². The van der Waals surface area contributed by atoms with Gasteiger partial charge < -0.3 is 4.55 Å². The van der Waals surface area contributed by atoms with Crippen LogP contribution < -0.4 is 0 Å². The van der Waals surface area contributed by atoms with Gasteiger partial charge in [-0.2, -0.15) is 13.2 Å². The fourth-order valence-corrected chi connectivity index (χ4v) is 2.48. The van der Waals surface area contributed by atoms with Crippen molar-refractivity contribution in [3.63, 3.8) is 0 Å². The molecule has 2 aromatic carbocycles. The number of hydrogen-bond acceptors (Lipinski definition) is 5. The number of hydrogen-bond donors (Lipinski definition) is 0. The Hall–Kier alpha value is -1.80. The van der Waals surface area contributed by atoms with Gasteiger partial charge in [-0.05, 0) is 25.1 Å². The van der Waals surface area contributed by atoms with Crippen LogP contribution in [0.2, 0.25) is 5.02 Å². The molecule has 0 aliphatic carbocycles. The zero-order valence-electron chi connectivity index (χ0n) is 12.5. The minimum Gasteiger partial charge on any atom is -0.741 e. The van der Waals surface area contributed by atoms with E-state index in [-0.39, 0.29) is 0 Å². The first-order chi connectivity index (χ1) is 11.4. The highest BCUT2D eigenvalue weighted by molar-refractivity contribution is 7.99. The smallest absolute Gasteiger partial charge is 0.485 e. The molecule has 0 aliphatic rings. The molecule has 0 spiro atoms. The van der Waals surface area contributed by atoms with Gasteiger partial charge in [-0.1, -0.05) is 41.1 Å². The van der Waals surface area contributed by atoms with Crippen LogP contribution in [-0.4, -0.2) is 18.5 Å². The van der Waals surface area contributed by atoms with E-state index in [9.17, 15) is 13.2 Å². The lowest BCUT2D eigenvalue weighted by atomic mass is 10.2. The van der Waals surface area contributed by atoms with Crippen molar-refractivity contribution in [2.24, 2.45) is 0 Å². The Balaban J connectivity index is 0.000000333. The molecule has 25 heavy (non-hydrogen) atoms. The fraction of sp³-hybridized carbons (Fsp3) is 0.143. The van der Waals surface area contributed by atoms with Gasteiger partial charge in [0.15, 0.2) is 15.1 Å². The highest BCUT2D eigenvalue weighted by Crippen LogP contribution is 2.35. The highest BCUT2D eigenvalue weighted by Gasteiger charge is 2.36. The van der Waals surface area contributed by atoms with Gasteiger partial charge >= 0.3 is 11.2 Å². The molecule has 0 N–H and O–H groups in total. The number of rotatable bonds is 2. The number of alkyl halides is 3. The molecule has 0 bridgehead atoms. The van der Waals surface area contributed by atoms with Gasteiger partial charge in [-0.15, -0.1) is 0 Å². The molecule has 0 heterocycles. The molecule has 0 aliphatic heterocycles. The van der Waals surface area contributed by atoms with Crippen molar-refractivity contribution in [2.75, 3.05) is 0 Å². The Labute approximate surface area is 151 Å². The Morgan fingerprint density at radius 2 is 1.68 bits per heavy atom. The van der Waals surface area contributed by atoms with Crippen LogP contribution in [0.3, 0.4) is 0 Å². The van der Waals surface area contributed by atoms with Gasteiger partial charge in [0.1, 0.15) is 0 Å². The maximum absolute atomic E-state index is 10.7. The molecule has 0 amide bonds. The number of benzene rings is 2. The third-order valence-electron chi connectivity index (χ3n) is 2.56. The van der Waals surface area contributed by atoms with Gasteiger partial charge in [0, 0.05) is 15.9 Å². The summed E-state index contributed by atoms with van der Waals surface area (Å²) < 4.78 is 58.9. The lowest BCUT2D eigenvalue weighted by molar-refractivity contribution is -0.0517. The fourth-order valence-electron chi connectivity index (χ4n) is 1.37. The summed E-state index contributed by atoms with van der Waals surface area (Å²) in [7, 11) is -6.09. The minimum atomic E-state index is -6.09. The first-order valence-electron chi connectivity index (χ1n) is 6.35. The van der Waals surface area contributed by atoms with Crippen LogP contribution in [-0.2, 0) is 10.1 Å². The second-order valence-corrected chi connectivity index (χ2v) is 7.42. The van der Waals surface area contributed by atoms with E-state index in [0.717, 1.165) is 9.79 Å². The van der Waals surface area contributed by atoms with Crippen molar-refractivity contribution in [3.05, 3.63) is 58.0 Å². The van der Waals surface area contributed by atoms with Crippen molar-refractivity contribution in [1.82, 2.24) is 0 Å². The summed E-state index contributed by atoms with van der Waals surface area (Å²) in [4.78, 5) is 5.18. The molecule has 2 rings (SSSR count). The number of halogens is 4. The average molecular weight is 411 g/mol. The summed E-state index contributed by atoms with van der Waals surface area (Å²) in [5.74, 6) is 0. The van der Waals surface area contributed by atoms with Gasteiger partial charge in [-0.25, -0.2) is 8.42 Å². The van der Waals surface area contributed by atoms with Crippen LogP contribution in [0, 0.1) is 12.3 Å². The lowest BCUT2D eigenvalue weighted by Gasteiger charge is -2.08. The van der Waals surface area contributed by atoms with E-state index >= 15 is 0 Å². The van der Waals surface area contributed by atoms with Crippen LogP contribution in [0.4, 0.5) is 18.9 Å². The summed E-state index contributed by atoms with van der Waals surface area (Å²) >= 11 is 7.68. The van der Waals surface area contributed by atoms with Crippen molar-refractivity contribution in [1.29, 1.82) is 5.39 Å². The molecule has 134 valence electrons. The van der Waals surface area contributed by atoms with Crippen LogP contribution >= 0.6 is 23.4 Å². The first kappa shape index (κ1) is 21.2. The molecule has 0 radical (unpaired) electrons. The largest absolute Gasteiger partial charge is 0.741 e. The molecule has 0 saturated carbocycles. The number of diazo groups is 1. The number of nitrogens with zero attached hydrogens (tertiary/aromatic N) is 2. The van der Waals surface area contributed by atoms with E-state index in [0.29, 0.717) is 10.7 Å². The van der Waals surface area contributed by atoms with Gasteiger partial charge in [0.25, 0.3) is 0 Å². The lowest BCUT2D eigenvalue weighted by Crippen LogP contribution is -2.21. The van der Waals surface area contributed by atoms with Crippen molar-refractivity contribution < 1.29 is 26.1 Å². The zero-order chi connectivity index (χ0) is 19.3. The summed E-state index contributed by atoms with van der Waals surface area (Å²) in [6.07, 6.45) is 0. The van der Waals surface area contributed by atoms with Crippen LogP contribution in [0.5, 0.6) is 0 Å². The molecule has 0 atom stereocenters. The summed E-state index contributed by atoms with van der Waals surface area (Å²) in [5.41, 5.74) is -3.95. The van der Waals surface area contributed by atoms with E-state index in [1.165, 1.54) is 5.56 Å². The summed E-state index contributed by atoms with van der Waals surface area (Å²) in [5, 5.41) is 9.22. The van der Waals surface area contributed by atoms with E-state index in [4.69, 9.17) is 30.0 Å². The SMILES string of the molecule is Cc1ccc(Sc2ccc([N+]#N)cc2Cl)cc1.O=S(=O)([O-])C(F)(F)F. The Morgan fingerprint density at radius 3 is 2.08 bits per heavy atom. The molecular formula is C14H10ClF3N2O3S2. The van der Waals surface area contributed by atoms with Crippen LogP contribution in [0.25, 0.3) is 4.98 Å². The van der Waals surface area contributed by atoms with Crippen LogP contribution in [0.15, 0.2) is 52.3 Å². The second-order valence-electron chi connectivity index (χ2n) is 4.53. The van der Waals surface area contributed by atoms with E-state index < -0.39 is 15.6 Å². The molecule has 0 aromatic heterocycles. The second kappa shape index (κ2) is 8.53. The van der Waals surface area contributed by atoms with E-state index in [1.807, 2.05) is 6.07 Å². The van der Waals surface area contributed by atoms with Crippen molar-refractivity contribution in [2.45, 2.75) is 22.2 Å². The average Bonchev–Trinajstić information content (AvgIpc) is 2.50. The molecule has 0 saturated heterocycles. The van der Waals surface area contributed by atoms with E-state index in [2.05, 4.69) is 36.2 Å². The molecule has 11 heteroatoms. The highest BCUT2D eigenvalue weighted by atomic mass is 35.5. The molecular weight excluding hydrogens is 401 g/mol. The van der Waals surface area contributed by atoms with Crippen LogP contribution in [0.1, 0.15) is 5.56 Å². The molecule has 0 unspecified atom stereocenters. The Kier molecular flexibility index (Phi) is 7.25. The maximum Gasteiger partial charge on any atom is 0.485 e. The Morgan fingerprint density at radius 1 is 1.16 bits per heavy atom. The minimum absolute atomic E-state index is 0.461. The third kappa shape index (κ3) is 6.91.